The van der Waals surface area contributed by atoms with Crippen LogP contribution in [0.25, 0.3) is 0 Å². The lowest BCUT2D eigenvalue weighted by atomic mass is 10.0. The molecule has 1 aromatic rings. The second-order valence-electron chi connectivity index (χ2n) is 5.36. The van der Waals surface area contributed by atoms with E-state index in [0.29, 0.717) is 12.5 Å². The fraction of sp³-hybridized carbons (Fsp3) is 0.647. The number of ether oxygens (including phenoxy) is 3. The van der Waals surface area contributed by atoms with Crippen LogP contribution in [0, 0.1) is 5.92 Å². The van der Waals surface area contributed by atoms with Crippen LogP contribution in [0.3, 0.4) is 0 Å². The second-order valence-corrected chi connectivity index (χ2v) is 5.36. The van der Waals surface area contributed by atoms with Crippen LogP contribution in [-0.4, -0.2) is 19.8 Å². The third-order valence-electron chi connectivity index (χ3n) is 3.65. The van der Waals surface area contributed by atoms with E-state index in [1.165, 1.54) is 25.7 Å². The monoisotopic (exact) mass is 278 g/mol. The molecular weight excluding hydrogens is 252 g/mol. The maximum absolute atomic E-state index is 5.84. The number of hydrogen-bond donors (Lipinski definition) is 0. The molecule has 1 saturated heterocycles. The summed E-state index contributed by atoms with van der Waals surface area (Å²) in [6, 6.07) is 7.98. The Labute approximate surface area is 122 Å². The first-order chi connectivity index (χ1) is 9.83. The summed E-state index contributed by atoms with van der Waals surface area (Å²) in [7, 11) is 0. The maximum atomic E-state index is 5.84. The summed E-state index contributed by atoms with van der Waals surface area (Å²) >= 11 is 0. The molecule has 1 aliphatic heterocycles. The molecule has 0 N–H and O–H groups in total. The fourth-order valence-electron chi connectivity index (χ4n) is 2.47. The highest BCUT2D eigenvalue weighted by molar-refractivity contribution is 5.28. The Morgan fingerprint density at radius 2 is 1.75 bits per heavy atom. The Balaban J connectivity index is 1.78. The number of hydrogen-bond acceptors (Lipinski definition) is 3. The molecule has 20 heavy (non-hydrogen) atoms. The molecule has 0 bridgehead atoms. The van der Waals surface area contributed by atoms with Gasteiger partial charge in [-0.05, 0) is 25.5 Å². The summed E-state index contributed by atoms with van der Waals surface area (Å²) in [6.45, 7) is 6.52. The molecule has 0 amide bonds. The van der Waals surface area contributed by atoms with Gasteiger partial charge < -0.3 is 14.2 Å². The van der Waals surface area contributed by atoms with Crippen LogP contribution in [0.1, 0.15) is 51.4 Å². The minimum atomic E-state index is -0.215. The van der Waals surface area contributed by atoms with E-state index in [-0.39, 0.29) is 6.29 Å². The topological polar surface area (TPSA) is 27.7 Å². The molecule has 3 nitrogen and oxygen atoms in total. The van der Waals surface area contributed by atoms with Gasteiger partial charge in [-0.25, -0.2) is 0 Å². The largest absolute Gasteiger partial charge is 0.494 e. The van der Waals surface area contributed by atoms with Crippen LogP contribution in [0.2, 0.25) is 0 Å². The molecular formula is C17H26O3. The molecule has 1 fully saturated rings. The summed E-state index contributed by atoms with van der Waals surface area (Å²) in [5.74, 6) is 1.45. The highest BCUT2D eigenvalue weighted by Crippen LogP contribution is 2.28. The van der Waals surface area contributed by atoms with E-state index in [4.69, 9.17) is 14.2 Å². The maximum Gasteiger partial charge on any atom is 0.183 e. The van der Waals surface area contributed by atoms with Gasteiger partial charge in [-0.2, -0.15) is 0 Å². The van der Waals surface area contributed by atoms with Crippen molar-refractivity contribution in [1.29, 1.82) is 0 Å². The van der Waals surface area contributed by atoms with Gasteiger partial charge in [0.25, 0.3) is 0 Å². The van der Waals surface area contributed by atoms with E-state index in [9.17, 15) is 0 Å². The van der Waals surface area contributed by atoms with Crippen molar-refractivity contribution in [3.05, 3.63) is 29.8 Å². The van der Waals surface area contributed by atoms with Crippen LogP contribution < -0.4 is 4.74 Å². The molecule has 112 valence electrons. The second kappa shape index (κ2) is 8.28. The quantitative estimate of drug-likeness (QED) is 0.695. The third kappa shape index (κ3) is 4.50. The van der Waals surface area contributed by atoms with E-state index >= 15 is 0 Å². The molecule has 0 aromatic heterocycles. The molecule has 0 saturated carbocycles. The van der Waals surface area contributed by atoms with Gasteiger partial charge in [-0.1, -0.05) is 38.3 Å². The molecule has 0 aliphatic carbocycles. The van der Waals surface area contributed by atoms with Gasteiger partial charge in [0.15, 0.2) is 6.29 Å². The van der Waals surface area contributed by atoms with Gasteiger partial charge in [-0.15, -0.1) is 0 Å². The number of unbranched alkanes of at least 4 members (excludes halogenated alkanes) is 2. The first kappa shape index (κ1) is 15.3. The van der Waals surface area contributed by atoms with E-state index in [1.54, 1.807) is 0 Å². The SMILES string of the molecule is CCCCCC1COC(c2ccc(OCC)cc2)OC1. The van der Waals surface area contributed by atoms with Crippen LogP contribution >= 0.6 is 0 Å². The molecule has 0 unspecified atom stereocenters. The fourth-order valence-corrected chi connectivity index (χ4v) is 2.47. The highest BCUT2D eigenvalue weighted by Gasteiger charge is 2.23. The summed E-state index contributed by atoms with van der Waals surface area (Å²) < 4.78 is 17.1. The molecule has 0 radical (unpaired) electrons. The van der Waals surface area contributed by atoms with Crippen molar-refractivity contribution >= 4 is 0 Å². The Bertz CT molecular complexity index is 366. The zero-order valence-corrected chi connectivity index (χ0v) is 12.6. The Kier molecular flexibility index (Phi) is 6.34. The molecule has 0 atom stereocenters. The van der Waals surface area contributed by atoms with Crippen LogP contribution in [0.5, 0.6) is 5.75 Å². The van der Waals surface area contributed by atoms with Gasteiger partial charge in [0, 0.05) is 11.5 Å². The zero-order valence-electron chi connectivity index (χ0n) is 12.6. The lowest BCUT2D eigenvalue weighted by molar-refractivity contribution is -0.206. The lowest BCUT2D eigenvalue weighted by Gasteiger charge is -2.29. The smallest absolute Gasteiger partial charge is 0.183 e. The minimum absolute atomic E-state index is 0.215. The summed E-state index contributed by atoms with van der Waals surface area (Å²) in [6.07, 6.45) is 4.85. The van der Waals surface area contributed by atoms with Gasteiger partial charge in [-0.3, -0.25) is 0 Å². The minimum Gasteiger partial charge on any atom is -0.494 e. The zero-order chi connectivity index (χ0) is 14.2. The van der Waals surface area contributed by atoms with E-state index in [2.05, 4.69) is 6.92 Å². The van der Waals surface area contributed by atoms with Crippen molar-refractivity contribution in [2.45, 2.75) is 45.8 Å². The third-order valence-corrected chi connectivity index (χ3v) is 3.65. The van der Waals surface area contributed by atoms with Crippen LogP contribution in [0.4, 0.5) is 0 Å². The average molecular weight is 278 g/mol. The highest BCUT2D eigenvalue weighted by atomic mass is 16.7. The van der Waals surface area contributed by atoms with Crippen LogP contribution in [0.15, 0.2) is 24.3 Å². The molecule has 1 aromatic carbocycles. The van der Waals surface area contributed by atoms with E-state index in [0.717, 1.165) is 24.5 Å². The Morgan fingerprint density at radius 3 is 2.35 bits per heavy atom. The lowest BCUT2D eigenvalue weighted by Crippen LogP contribution is -2.27. The van der Waals surface area contributed by atoms with Gasteiger partial charge >= 0.3 is 0 Å². The van der Waals surface area contributed by atoms with Crippen molar-refractivity contribution in [2.24, 2.45) is 5.92 Å². The Hall–Kier alpha value is -1.06. The molecule has 0 spiro atoms. The molecule has 1 aliphatic rings. The Morgan fingerprint density at radius 1 is 1.05 bits per heavy atom. The predicted molar refractivity (Wildman–Crippen MR) is 79.9 cm³/mol. The van der Waals surface area contributed by atoms with Crippen molar-refractivity contribution in [3.8, 4) is 5.75 Å². The normalized spacial score (nSPS) is 22.7. The van der Waals surface area contributed by atoms with Gasteiger partial charge in [0.2, 0.25) is 0 Å². The van der Waals surface area contributed by atoms with Crippen molar-refractivity contribution in [3.63, 3.8) is 0 Å². The first-order valence-corrected chi connectivity index (χ1v) is 7.79. The summed E-state index contributed by atoms with van der Waals surface area (Å²) in [4.78, 5) is 0. The first-order valence-electron chi connectivity index (χ1n) is 7.79. The van der Waals surface area contributed by atoms with Crippen molar-refractivity contribution in [1.82, 2.24) is 0 Å². The van der Waals surface area contributed by atoms with Gasteiger partial charge in [0.1, 0.15) is 5.75 Å². The summed E-state index contributed by atoms with van der Waals surface area (Å²) in [5.41, 5.74) is 1.07. The van der Waals surface area contributed by atoms with Crippen molar-refractivity contribution in [2.75, 3.05) is 19.8 Å². The predicted octanol–water partition coefficient (Wildman–Crippen LogP) is 4.33. The molecule has 2 rings (SSSR count). The number of benzene rings is 1. The number of rotatable bonds is 7. The molecule has 1 heterocycles. The van der Waals surface area contributed by atoms with Crippen molar-refractivity contribution < 1.29 is 14.2 Å². The summed E-state index contributed by atoms with van der Waals surface area (Å²) in [5, 5.41) is 0. The van der Waals surface area contributed by atoms with Gasteiger partial charge in [0.05, 0.1) is 19.8 Å². The van der Waals surface area contributed by atoms with Crippen LogP contribution in [-0.2, 0) is 9.47 Å². The molecule has 3 heteroatoms. The standard InChI is InChI=1S/C17H26O3/c1-3-5-6-7-14-12-19-17(20-13-14)15-8-10-16(11-9-15)18-4-2/h8-11,14,17H,3-7,12-13H2,1-2H3. The van der Waals surface area contributed by atoms with E-state index < -0.39 is 0 Å². The average Bonchev–Trinajstić information content (AvgIpc) is 2.49. The van der Waals surface area contributed by atoms with E-state index in [1.807, 2.05) is 31.2 Å².